The Bertz CT molecular complexity index is 803. The van der Waals surface area contributed by atoms with E-state index in [0.717, 1.165) is 11.1 Å². The summed E-state index contributed by atoms with van der Waals surface area (Å²) < 4.78 is 5.16. The molecule has 0 spiro atoms. The maximum Gasteiger partial charge on any atom is 0.203 e. The highest BCUT2D eigenvalue weighted by Gasteiger charge is 2.16. The van der Waals surface area contributed by atoms with E-state index in [1.54, 1.807) is 31.4 Å². The highest BCUT2D eigenvalue weighted by atomic mass is 16.5. The van der Waals surface area contributed by atoms with Crippen molar-refractivity contribution < 1.29 is 9.53 Å². The highest BCUT2D eigenvalue weighted by molar-refractivity contribution is 6.14. The van der Waals surface area contributed by atoms with Crippen LogP contribution in [0.4, 0.5) is 0 Å². The van der Waals surface area contributed by atoms with E-state index < -0.39 is 0 Å². The molecule has 2 aromatic rings. The van der Waals surface area contributed by atoms with Gasteiger partial charge in [-0.05, 0) is 34.8 Å². The third-order valence-corrected chi connectivity index (χ3v) is 3.78. The van der Waals surface area contributed by atoms with Crippen molar-refractivity contribution in [3.05, 3.63) is 70.8 Å². The summed E-state index contributed by atoms with van der Waals surface area (Å²) in [5.74, 6) is 0.406. The number of allylic oxidation sites excluding steroid dienone is 1. The number of methoxy groups -OCH3 is 1. The van der Waals surface area contributed by atoms with Crippen molar-refractivity contribution in [3.8, 4) is 11.8 Å². The van der Waals surface area contributed by atoms with Crippen molar-refractivity contribution in [3.63, 3.8) is 0 Å². The molecule has 0 heterocycles. The molecule has 0 fully saturated rings. The Morgan fingerprint density at radius 1 is 1.12 bits per heavy atom. The topological polar surface area (TPSA) is 50.1 Å². The molecule has 3 heteroatoms. The van der Waals surface area contributed by atoms with Gasteiger partial charge in [0.1, 0.15) is 17.4 Å². The number of ether oxygens (including phenoxy) is 1. The van der Waals surface area contributed by atoms with Crippen molar-refractivity contribution in [2.45, 2.75) is 26.2 Å². The number of hydrogen-bond acceptors (Lipinski definition) is 3. The predicted molar refractivity (Wildman–Crippen MR) is 96.1 cm³/mol. The zero-order chi connectivity index (χ0) is 17.7. The maximum atomic E-state index is 12.6. The average molecular weight is 319 g/mol. The Morgan fingerprint density at radius 3 is 2.33 bits per heavy atom. The first-order valence-corrected chi connectivity index (χ1v) is 7.76. The van der Waals surface area contributed by atoms with Gasteiger partial charge in [-0.2, -0.15) is 5.26 Å². The fourth-order valence-electron chi connectivity index (χ4n) is 2.32. The van der Waals surface area contributed by atoms with Crippen LogP contribution in [0.1, 0.15) is 42.3 Å². The molecule has 0 N–H and O–H groups in total. The van der Waals surface area contributed by atoms with Crippen LogP contribution in [0.5, 0.6) is 5.75 Å². The summed E-state index contributed by atoms with van der Waals surface area (Å²) in [6.45, 7) is 6.35. The monoisotopic (exact) mass is 319 g/mol. The third kappa shape index (κ3) is 4.11. The lowest BCUT2D eigenvalue weighted by atomic mass is 9.86. The Hall–Kier alpha value is -2.86. The van der Waals surface area contributed by atoms with Crippen LogP contribution in [0, 0.1) is 11.3 Å². The fourth-order valence-corrected chi connectivity index (χ4v) is 2.32. The van der Waals surface area contributed by atoms with Crippen LogP contribution in [0.2, 0.25) is 0 Å². The molecule has 0 bridgehead atoms. The average Bonchev–Trinajstić information content (AvgIpc) is 2.58. The van der Waals surface area contributed by atoms with Gasteiger partial charge in [-0.3, -0.25) is 4.79 Å². The second-order valence-electron chi connectivity index (χ2n) is 6.60. The second-order valence-corrected chi connectivity index (χ2v) is 6.60. The summed E-state index contributed by atoms with van der Waals surface area (Å²) in [6.07, 6.45) is 1.59. The van der Waals surface area contributed by atoms with E-state index in [0.29, 0.717) is 11.3 Å². The van der Waals surface area contributed by atoms with E-state index in [1.165, 1.54) is 0 Å². The number of ketones is 1. The van der Waals surface area contributed by atoms with Gasteiger partial charge in [0, 0.05) is 5.56 Å². The Labute approximate surface area is 143 Å². The molecule has 0 saturated heterocycles. The molecule has 0 aromatic heterocycles. The van der Waals surface area contributed by atoms with E-state index in [9.17, 15) is 10.1 Å². The van der Waals surface area contributed by atoms with Gasteiger partial charge in [-0.1, -0.05) is 57.2 Å². The van der Waals surface area contributed by atoms with Gasteiger partial charge in [0.2, 0.25) is 5.78 Å². The first-order valence-electron chi connectivity index (χ1n) is 7.76. The standard InChI is InChI=1S/C21H21NO2/c1-21(2,3)18-10-8-16(9-11-18)20(23)17(14-22)12-15-6-5-7-19(13-15)24-4/h5-13H,1-4H3/b17-12+. The largest absolute Gasteiger partial charge is 0.497 e. The highest BCUT2D eigenvalue weighted by Crippen LogP contribution is 2.23. The Morgan fingerprint density at radius 2 is 1.79 bits per heavy atom. The Kier molecular flexibility index (Phi) is 5.21. The van der Waals surface area contributed by atoms with Gasteiger partial charge in [0.25, 0.3) is 0 Å². The number of Topliss-reactive ketones (excluding diaryl/α,β-unsaturated/α-hetero) is 1. The van der Waals surface area contributed by atoms with E-state index in [1.807, 2.05) is 36.4 Å². The lowest BCUT2D eigenvalue weighted by Crippen LogP contribution is -2.11. The smallest absolute Gasteiger partial charge is 0.203 e. The van der Waals surface area contributed by atoms with Gasteiger partial charge in [0.05, 0.1) is 7.11 Å². The van der Waals surface area contributed by atoms with Crippen molar-refractivity contribution >= 4 is 11.9 Å². The quantitative estimate of drug-likeness (QED) is 0.463. The lowest BCUT2D eigenvalue weighted by molar-refractivity contribution is 0.104. The summed E-state index contributed by atoms with van der Waals surface area (Å²) >= 11 is 0. The number of carbonyl (C=O) groups is 1. The minimum atomic E-state index is -0.277. The van der Waals surface area contributed by atoms with Gasteiger partial charge in [-0.15, -0.1) is 0 Å². The number of hydrogen-bond donors (Lipinski definition) is 0. The van der Waals surface area contributed by atoms with E-state index >= 15 is 0 Å². The molecule has 0 atom stereocenters. The minimum absolute atomic E-state index is 0.0239. The van der Waals surface area contributed by atoms with Gasteiger partial charge < -0.3 is 4.74 Å². The molecule has 3 nitrogen and oxygen atoms in total. The third-order valence-electron chi connectivity index (χ3n) is 3.78. The molecule has 0 amide bonds. The van der Waals surface area contributed by atoms with Crippen molar-refractivity contribution in [1.29, 1.82) is 5.26 Å². The first-order chi connectivity index (χ1) is 11.3. The van der Waals surface area contributed by atoms with E-state index in [2.05, 4.69) is 20.8 Å². The van der Waals surface area contributed by atoms with Crippen LogP contribution in [-0.4, -0.2) is 12.9 Å². The number of nitriles is 1. The van der Waals surface area contributed by atoms with Crippen molar-refractivity contribution in [2.75, 3.05) is 7.11 Å². The zero-order valence-electron chi connectivity index (χ0n) is 14.5. The van der Waals surface area contributed by atoms with Gasteiger partial charge >= 0.3 is 0 Å². The minimum Gasteiger partial charge on any atom is -0.497 e. The number of nitrogens with zero attached hydrogens (tertiary/aromatic N) is 1. The van der Waals surface area contributed by atoms with Gasteiger partial charge in [-0.25, -0.2) is 0 Å². The predicted octanol–water partition coefficient (Wildman–Crippen LogP) is 4.78. The molecule has 2 rings (SSSR count). The fraction of sp³-hybridized carbons (Fsp3) is 0.238. The molecule has 0 aliphatic rings. The number of rotatable bonds is 4. The molecule has 2 aromatic carbocycles. The number of carbonyl (C=O) groups excluding carboxylic acids is 1. The molecule has 24 heavy (non-hydrogen) atoms. The Balaban J connectivity index is 2.32. The zero-order valence-corrected chi connectivity index (χ0v) is 14.5. The summed E-state index contributed by atoms with van der Waals surface area (Å²) in [6, 6.07) is 16.7. The van der Waals surface area contributed by atoms with Crippen molar-refractivity contribution in [2.24, 2.45) is 0 Å². The molecule has 0 radical (unpaired) electrons. The SMILES string of the molecule is COc1cccc(/C=C(\C#N)C(=O)c2ccc(C(C)(C)C)cc2)c1. The molecular weight excluding hydrogens is 298 g/mol. The molecule has 0 saturated carbocycles. The molecule has 0 unspecified atom stereocenters. The van der Waals surface area contributed by atoms with Crippen LogP contribution in [0.3, 0.4) is 0 Å². The van der Waals surface area contributed by atoms with E-state index in [4.69, 9.17) is 4.74 Å². The molecule has 0 aliphatic carbocycles. The maximum absolute atomic E-state index is 12.6. The summed E-state index contributed by atoms with van der Waals surface area (Å²) in [5.41, 5.74) is 2.54. The van der Waals surface area contributed by atoms with Crippen LogP contribution < -0.4 is 4.74 Å². The normalized spacial score (nSPS) is 11.7. The molecule has 0 aliphatic heterocycles. The van der Waals surface area contributed by atoms with E-state index in [-0.39, 0.29) is 16.8 Å². The van der Waals surface area contributed by atoms with Gasteiger partial charge in [0.15, 0.2) is 0 Å². The summed E-state index contributed by atoms with van der Waals surface area (Å²) in [4.78, 5) is 12.6. The molecular formula is C21H21NO2. The van der Waals surface area contributed by atoms with Crippen LogP contribution >= 0.6 is 0 Å². The van der Waals surface area contributed by atoms with Crippen LogP contribution in [0.15, 0.2) is 54.1 Å². The summed E-state index contributed by atoms with van der Waals surface area (Å²) in [5, 5.41) is 9.36. The summed E-state index contributed by atoms with van der Waals surface area (Å²) in [7, 11) is 1.58. The number of benzene rings is 2. The van der Waals surface area contributed by atoms with Crippen LogP contribution in [0.25, 0.3) is 6.08 Å². The molecule has 122 valence electrons. The lowest BCUT2D eigenvalue weighted by Gasteiger charge is -2.18. The second kappa shape index (κ2) is 7.14. The van der Waals surface area contributed by atoms with Crippen LogP contribution in [-0.2, 0) is 5.41 Å². The van der Waals surface area contributed by atoms with Crippen molar-refractivity contribution in [1.82, 2.24) is 0 Å². The first kappa shape index (κ1) is 17.5.